The Hall–Kier alpha value is -1.53. The molecule has 1 amide bonds. The van der Waals surface area contributed by atoms with Gasteiger partial charge in [0, 0.05) is 26.2 Å². The topological polar surface area (TPSA) is 36.4 Å². The van der Waals surface area contributed by atoms with Crippen LogP contribution in [0.1, 0.15) is 9.80 Å². The molecule has 1 fully saturated rings. The van der Waals surface area contributed by atoms with E-state index in [-0.39, 0.29) is 11.7 Å². The number of piperazine rings is 1. The number of rotatable bonds is 1. The lowest BCUT2D eigenvalue weighted by atomic mass is 10.3. The molecule has 0 atom stereocenters. The molecule has 6 heteroatoms. The molecule has 1 aromatic carbocycles. The average molecular weight is 279 g/mol. The highest BCUT2D eigenvalue weighted by Crippen LogP contribution is 2.24. The van der Waals surface area contributed by atoms with Gasteiger partial charge in [-0.1, -0.05) is 0 Å². The first kappa shape index (κ1) is 12.5. The fraction of sp³-hybridized carbons (Fsp3) is 0.385. The van der Waals surface area contributed by atoms with Gasteiger partial charge in [0.1, 0.15) is 5.82 Å². The maximum Gasteiger partial charge on any atom is 0.282 e. The van der Waals surface area contributed by atoms with Gasteiger partial charge in [-0.2, -0.15) is 0 Å². The van der Waals surface area contributed by atoms with Crippen LogP contribution in [0.2, 0.25) is 0 Å². The molecular weight excluding hydrogens is 265 g/mol. The summed E-state index contributed by atoms with van der Waals surface area (Å²) in [7, 11) is 2.04. The number of likely N-dealkylation sites (N-methyl/N-ethyl adjacent to an activating group) is 1. The molecule has 4 nitrogen and oxygen atoms in total. The van der Waals surface area contributed by atoms with Gasteiger partial charge in [0.2, 0.25) is 0 Å². The van der Waals surface area contributed by atoms with E-state index in [0.29, 0.717) is 10.5 Å². The number of amides is 1. The van der Waals surface area contributed by atoms with Crippen molar-refractivity contribution >= 4 is 27.5 Å². The number of thiazole rings is 1. The van der Waals surface area contributed by atoms with Gasteiger partial charge in [-0.05, 0) is 25.2 Å². The van der Waals surface area contributed by atoms with E-state index >= 15 is 0 Å². The summed E-state index contributed by atoms with van der Waals surface area (Å²) in [4.78, 5) is 20.6. The highest BCUT2D eigenvalue weighted by Gasteiger charge is 2.23. The van der Waals surface area contributed by atoms with Crippen molar-refractivity contribution in [2.45, 2.75) is 0 Å². The van der Waals surface area contributed by atoms with Gasteiger partial charge in [0.25, 0.3) is 5.91 Å². The van der Waals surface area contributed by atoms with Gasteiger partial charge in [-0.25, -0.2) is 9.37 Å². The zero-order valence-electron chi connectivity index (χ0n) is 10.6. The lowest BCUT2D eigenvalue weighted by Crippen LogP contribution is -2.47. The molecule has 0 spiro atoms. The first-order chi connectivity index (χ1) is 9.13. The molecule has 1 aliphatic rings. The summed E-state index contributed by atoms with van der Waals surface area (Å²) in [5.74, 6) is -0.343. The third kappa shape index (κ3) is 2.46. The second-order valence-corrected chi connectivity index (χ2v) is 5.76. The Bertz CT molecular complexity index is 619. The molecule has 0 bridgehead atoms. The normalized spacial score (nSPS) is 17.1. The number of carbonyl (C=O) groups excluding carboxylic acids is 1. The molecule has 0 radical (unpaired) electrons. The monoisotopic (exact) mass is 279 g/mol. The van der Waals surface area contributed by atoms with Crippen LogP contribution in [0.15, 0.2) is 18.2 Å². The average Bonchev–Trinajstić information content (AvgIpc) is 2.81. The van der Waals surface area contributed by atoms with Gasteiger partial charge in [-0.3, -0.25) is 4.79 Å². The van der Waals surface area contributed by atoms with Crippen molar-refractivity contribution in [2.24, 2.45) is 0 Å². The van der Waals surface area contributed by atoms with Crippen LogP contribution in [-0.2, 0) is 0 Å². The molecular formula is C13H14FN3OS. The quantitative estimate of drug-likeness (QED) is 0.799. The van der Waals surface area contributed by atoms with Crippen LogP contribution in [0.4, 0.5) is 4.39 Å². The summed E-state index contributed by atoms with van der Waals surface area (Å²) >= 11 is 1.26. The second kappa shape index (κ2) is 4.86. The van der Waals surface area contributed by atoms with Crippen molar-refractivity contribution in [3.63, 3.8) is 0 Å². The van der Waals surface area contributed by atoms with E-state index in [1.165, 1.54) is 23.5 Å². The van der Waals surface area contributed by atoms with Gasteiger partial charge in [0.15, 0.2) is 5.01 Å². The van der Waals surface area contributed by atoms with Crippen LogP contribution >= 0.6 is 11.3 Å². The summed E-state index contributed by atoms with van der Waals surface area (Å²) in [5, 5.41) is 0.449. The standard InChI is InChI=1S/C13H14FN3OS/c1-16-4-6-17(7-5-16)13(18)12-15-10-3-2-9(14)8-11(10)19-12/h2-3,8H,4-7H2,1H3. The fourth-order valence-electron chi connectivity index (χ4n) is 2.13. The SMILES string of the molecule is CN1CCN(C(=O)c2nc3ccc(F)cc3s2)CC1. The predicted molar refractivity (Wildman–Crippen MR) is 73.0 cm³/mol. The summed E-state index contributed by atoms with van der Waals surface area (Å²) in [6, 6.07) is 4.40. The van der Waals surface area contributed by atoms with Crippen LogP contribution in [0, 0.1) is 5.82 Å². The number of hydrogen-bond donors (Lipinski definition) is 0. The molecule has 1 saturated heterocycles. The van der Waals surface area contributed by atoms with Crippen molar-refractivity contribution in [2.75, 3.05) is 33.2 Å². The summed E-state index contributed by atoms with van der Waals surface area (Å²) < 4.78 is 13.8. The first-order valence-electron chi connectivity index (χ1n) is 6.17. The molecule has 100 valence electrons. The molecule has 1 aliphatic heterocycles. The predicted octanol–water partition coefficient (Wildman–Crippen LogP) is 1.82. The van der Waals surface area contributed by atoms with E-state index in [0.717, 1.165) is 30.9 Å². The minimum atomic E-state index is -0.297. The van der Waals surface area contributed by atoms with Crippen molar-refractivity contribution in [1.29, 1.82) is 0 Å². The van der Waals surface area contributed by atoms with E-state index in [9.17, 15) is 9.18 Å². The molecule has 19 heavy (non-hydrogen) atoms. The summed E-state index contributed by atoms with van der Waals surface area (Å²) in [6.45, 7) is 3.20. The van der Waals surface area contributed by atoms with Crippen molar-refractivity contribution in [3.8, 4) is 0 Å². The molecule has 3 rings (SSSR count). The Morgan fingerprint density at radius 3 is 2.79 bits per heavy atom. The Balaban J connectivity index is 1.85. The van der Waals surface area contributed by atoms with E-state index in [1.54, 1.807) is 6.07 Å². The molecule has 0 unspecified atom stereocenters. The van der Waals surface area contributed by atoms with Gasteiger partial charge in [0.05, 0.1) is 10.2 Å². The molecule has 2 heterocycles. The molecule has 0 saturated carbocycles. The Morgan fingerprint density at radius 1 is 1.32 bits per heavy atom. The van der Waals surface area contributed by atoms with Gasteiger partial charge in [-0.15, -0.1) is 11.3 Å². The zero-order valence-corrected chi connectivity index (χ0v) is 11.4. The molecule has 1 aromatic heterocycles. The van der Waals surface area contributed by atoms with E-state index in [2.05, 4.69) is 9.88 Å². The Morgan fingerprint density at radius 2 is 2.05 bits per heavy atom. The van der Waals surface area contributed by atoms with Crippen LogP contribution in [0.3, 0.4) is 0 Å². The van der Waals surface area contributed by atoms with E-state index in [1.807, 2.05) is 11.9 Å². The molecule has 0 N–H and O–H groups in total. The van der Waals surface area contributed by atoms with Crippen molar-refractivity contribution in [3.05, 3.63) is 29.0 Å². The number of fused-ring (bicyclic) bond motifs is 1. The number of halogens is 1. The highest BCUT2D eigenvalue weighted by molar-refractivity contribution is 7.20. The lowest BCUT2D eigenvalue weighted by Gasteiger charge is -2.31. The second-order valence-electron chi connectivity index (χ2n) is 4.73. The Labute approximate surface area is 114 Å². The van der Waals surface area contributed by atoms with E-state index < -0.39 is 0 Å². The minimum Gasteiger partial charge on any atom is -0.334 e. The fourth-order valence-corrected chi connectivity index (χ4v) is 3.09. The van der Waals surface area contributed by atoms with Crippen LogP contribution in [0.25, 0.3) is 10.2 Å². The smallest absolute Gasteiger partial charge is 0.282 e. The Kier molecular flexibility index (Phi) is 3.20. The number of aromatic nitrogens is 1. The maximum absolute atomic E-state index is 13.1. The summed E-state index contributed by atoms with van der Waals surface area (Å²) in [5.41, 5.74) is 0.684. The van der Waals surface area contributed by atoms with E-state index in [4.69, 9.17) is 0 Å². The van der Waals surface area contributed by atoms with Crippen molar-refractivity contribution < 1.29 is 9.18 Å². The molecule has 0 aliphatic carbocycles. The zero-order chi connectivity index (χ0) is 13.4. The van der Waals surface area contributed by atoms with Crippen LogP contribution < -0.4 is 0 Å². The van der Waals surface area contributed by atoms with Crippen LogP contribution in [-0.4, -0.2) is 53.9 Å². The maximum atomic E-state index is 13.1. The minimum absolute atomic E-state index is 0.0466. The molecule has 2 aromatic rings. The largest absolute Gasteiger partial charge is 0.334 e. The lowest BCUT2D eigenvalue weighted by molar-refractivity contribution is 0.0664. The number of benzene rings is 1. The van der Waals surface area contributed by atoms with Crippen molar-refractivity contribution in [1.82, 2.24) is 14.8 Å². The third-order valence-corrected chi connectivity index (χ3v) is 4.33. The summed E-state index contributed by atoms with van der Waals surface area (Å²) in [6.07, 6.45) is 0. The highest BCUT2D eigenvalue weighted by atomic mass is 32.1. The first-order valence-corrected chi connectivity index (χ1v) is 6.99. The number of nitrogens with zero attached hydrogens (tertiary/aromatic N) is 3. The van der Waals surface area contributed by atoms with Gasteiger partial charge >= 0.3 is 0 Å². The number of hydrogen-bond acceptors (Lipinski definition) is 4. The van der Waals surface area contributed by atoms with Gasteiger partial charge < -0.3 is 9.80 Å². The number of carbonyl (C=O) groups is 1. The third-order valence-electron chi connectivity index (χ3n) is 3.32. The van der Waals surface area contributed by atoms with Crippen LogP contribution in [0.5, 0.6) is 0 Å².